The second-order valence-corrected chi connectivity index (χ2v) is 5.33. The maximum Gasteiger partial charge on any atom is 0.0507 e. The van der Waals surface area contributed by atoms with Gasteiger partial charge in [-0.3, -0.25) is 0 Å². The average Bonchev–Trinajstić information content (AvgIpc) is 2.72. The van der Waals surface area contributed by atoms with Crippen molar-refractivity contribution in [2.75, 3.05) is 31.3 Å². The Morgan fingerprint density at radius 1 is 1.46 bits per heavy atom. The molecule has 3 heteroatoms. The molecule has 0 radical (unpaired) electrons. The van der Waals surface area contributed by atoms with Crippen LogP contribution >= 0.6 is 11.8 Å². The van der Waals surface area contributed by atoms with E-state index in [9.17, 15) is 0 Å². The first kappa shape index (κ1) is 9.81. The molecule has 2 nitrogen and oxygen atoms in total. The van der Waals surface area contributed by atoms with Gasteiger partial charge in [0, 0.05) is 24.9 Å². The summed E-state index contributed by atoms with van der Waals surface area (Å²) in [6.45, 7) is 5.46. The van der Waals surface area contributed by atoms with Crippen LogP contribution in [0.25, 0.3) is 0 Å². The van der Waals surface area contributed by atoms with Crippen molar-refractivity contribution in [3.63, 3.8) is 0 Å². The van der Waals surface area contributed by atoms with Crippen LogP contribution in [-0.4, -0.2) is 37.3 Å². The van der Waals surface area contributed by atoms with Crippen LogP contribution in [0.5, 0.6) is 0 Å². The Hall–Kier alpha value is 0.270. The predicted molar refractivity (Wildman–Crippen MR) is 57.2 cm³/mol. The monoisotopic (exact) mass is 201 g/mol. The summed E-state index contributed by atoms with van der Waals surface area (Å²) in [7, 11) is 0. The molecule has 0 saturated carbocycles. The van der Waals surface area contributed by atoms with E-state index >= 15 is 0 Å². The Kier molecular flexibility index (Phi) is 3.52. The highest BCUT2D eigenvalue weighted by molar-refractivity contribution is 7.99. The van der Waals surface area contributed by atoms with E-state index < -0.39 is 0 Å². The Bertz CT molecular complexity index is 159. The van der Waals surface area contributed by atoms with E-state index in [1.807, 2.05) is 0 Å². The zero-order valence-electron chi connectivity index (χ0n) is 8.29. The van der Waals surface area contributed by atoms with Gasteiger partial charge < -0.3 is 10.1 Å². The molecule has 0 aliphatic carbocycles. The second-order valence-electron chi connectivity index (χ2n) is 4.26. The summed E-state index contributed by atoms with van der Waals surface area (Å²) >= 11 is 2.08. The Morgan fingerprint density at radius 2 is 2.38 bits per heavy atom. The molecule has 2 heterocycles. The van der Waals surface area contributed by atoms with Gasteiger partial charge in [0.2, 0.25) is 0 Å². The quantitative estimate of drug-likeness (QED) is 0.745. The van der Waals surface area contributed by atoms with Gasteiger partial charge in [0.05, 0.1) is 6.61 Å². The molecular formula is C10H19NOS. The van der Waals surface area contributed by atoms with Crippen LogP contribution in [-0.2, 0) is 4.74 Å². The molecular weight excluding hydrogens is 182 g/mol. The molecule has 76 valence electrons. The molecule has 2 aliphatic heterocycles. The van der Waals surface area contributed by atoms with Crippen LogP contribution in [0.3, 0.4) is 0 Å². The predicted octanol–water partition coefficient (Wildman–Crippen LogP) is 1.36. The third-order valence-electron chi connectivity index (χ3n) is 3.06. The van der Waals surface area contributed by atoms with Crippen LogP contribution < -0.4 is 5.32 Å². The normalized spacial score (nSPS) is 39.9. The lowest BCUT2D eigenvalue weighted by Gasteiger charge is -2.18. The number of nitrogens with one attached hydrogen (secondary N) is 1. The smallest absolute Gasteiger partial charge is 0.0507 e. The van der Waals surface area contributed by atoms with Crippen molar-refractivity contribution in [1.29, 1.82) is 0 Å². The second kappa shape index (κ2) is 4.67. The molecule has 2 aliphatic rings. The fraction of sp³-hybridized carbons (Fsp3) is 1.00. The standard InChI is InChI=1S/C10H19NOS/c1-8-6-13-7-10(8)11-4-9-2-3-12-5-9/h8-11H,2-7H2,1H3. The molecule has 0 spiro atoms. The number of hydrogen-bond donors (Lipinski definition) is 1. The van der Waals surface area contributed by atoms with Crippen molar-refractivity contribution >= 4 is 11.8 Å². The van der Waals surface area contributed by atoms with E-state index in [1.54, 1.807) is 0 Å². The van der Waals surface area contributed by atoms with Crippen LogP contribution in [0.15, 0.2) is 0 Å². The van der Waals surface area contributed by atoms with Crippen molar-refractivity contribution in [1.82, 2.24) is 5.32 Å². The van der Waals surface area contributed by atoms with Gasteiger partial charge in [-0.1, -0.05) is 6.92 Å². The highest BCUT2D eigenvalue weighted by atomic mass is 32.2. The summed E-state index contributed by atoms with van der Waals surface area (Å²) < 4.78 is 5.35. The van der Waals surface area contributed by atoms with E-state index in [0.717, 1.165) is 37.6 Å². The molecule has 2 saturated heterocycles. The maximum atomic E-state index is 5.35. The summed E-state index contributed by atoms with van der Waals surface area (Å²) in [5.41, 5.74) is 0. The van der Waals surface area contributed by atoms with Gasteiger partial charge in [0.15, 0.2) is 0 Å². The van der Waals surface area contributed by atoms with Gasteiger partial charge in [-0.2, -0.15) is 11.8 Å². The number of ether oxygens (including phenoxy) is 1. The van der Waals surface area contributed by atoms with Crippen molar-refractivity contribution in [3.8, 4) is 0 Å². The number of thioether (sulfide) groups is 1. The molecule has 0 aromatic heterocycles. The largest absolute Gasteiger partial charge is 0.381 e. The minimum Gasteiger partial charge on any atom is -0.381 e. The first-order valence-electron chi connectivity index (χ1n) is 5.25. The van der Waals surface area contributed by atoms with E-state index in [1.165, 1.54) is 17.9 Å². The SMILES string of the molecule is CC1CSCC1NCC1CCOC1. The van der Waals surface area contributed by atoms with E-state index in [-0.39, 0.29) is 0 Å². The highest BCUT2D eigenvalue weighted by Gasteiger charge is 2.24. The van der Waals surface area contributed by atoms with Gasteiger partial charge in [-0.15, -0.1) is 0 Å². The number of hydrogen-bond acceptors (Lipinski definition) is 3. The Labute approximate surface area is 84.8 Å². The van der Waals surface area contributed by atoms with Crippen LogP contribution in [0.2, 0.25) is 0 Å². The summed E-state index contributed by atoms with van der Waals surface area (Å²) in [6, 6.07) is 0.755. The van der Waals surface area contributed by atoms with Gasteiger partial charge in [0.1, 0.15) is 0 Å². The first-order chi connectivity index (χ1) is 6.36. The topological polar surface area (TPSA) is 21.3 Å². The summed E-state index contributed by atoms with van der Waals surface area (Å²) in [5.74, 6) is 4.26. The van der Waals surface area contributed by atoms with E-state index in [4.69, 9.17) is 4.74 Å². The molecule has 3 atom stereocenters. The zero-order chi connectivity index (χ0) is 9.10. The molecule has 2 rings (SSSR count). The van der Waals surface area contributed by atoms with Crippen molar-refractivity contribution in [2.24, 2.45) is 11.8 Å². The molecule has 2 fully saturated rings. The summed E-state index contributed by atoms with van der Waals surface area (Å²) in [6.07, 6.45) is 1.25. The van der Waals surface area contributed by atoms with Gasteiger partial charge in [0.25, 0.3) is 0 Å². The van der Waals surface area contributed by atoms with Crippen LogP contribution in [0, 0.1) is 11.8 Å². The van der Waals surface area contributed by atoms with E-state index in [2.05, 4.69) is 24.0 Å². The van der Waals surface area contributed by atoms with Crippen molar-refractivity contribution in [3.05, 3.63) is 0 Å². The Morgan fingerprint density at radius 3 is 3.00 bits per heavy atom. The molecule has 0 bridgehead atoms. The third kappa shape index (κ3) is 2.61. The highest BCUT2D eigenvalue weighted by Crippen LogP contribution is 2.24. The van der Waals surface area contributed by atoms with Crippen molar-refractivity contribution in [2.45, 2.75) is 19.4 Å². The number of rotatable bonds is 3. The van der Waals surface area contributed by atoms with Gasteiger partial charge >= 0.3 is 0 Å². The van der Waals surface area contributed by atoms with Gasteiger partial charge in [-0.05, 0) is 24.0 Å². The molecule has 0 aromatic rings. The third-order valence-corrected chi connectivity index (χ3v) is 4.41. The maximum absolute atomic E-state index is 5.35. The first-order valence-corrected chi connectivity index (χ1v) is 6.40. The lowest BCUT2D eigenvalue weighted by Crippen LogP contribution is -2.37. The zero-order valence-corrected chi connectivity index (χ0v) is 9.11. The molecule has 1 N–H and O–H groups in total. The molecule has 0 aromatic carbocycles. The lowest BCUT2D eigenvalue weighted by atomic mass is 10.0. The lowest BCUT2D eigenvalue weighted by molar-refractivity contribution is 0.184. The minimum absolute atomic E-state index is 0.755. The van der Waals surface area contributed by atoms with Crippen LogP contribution in [0.1, 0.15) is 13.3 Å². The van der Waals surface area contributed by atoms with Crippen molar-refractivity contribution < 1.29 is 4.74 Å². The molecule has 0 amide bonds. The average molecular weight is 201 g/mol. The summed E-state index contributed by atoms with van der Waals surface area (Å²) in [5, 5.41) is 3.67. The minimum atomic E-state index is 0.755. The van der Waals surface area contributed by atoms with E-state index in [0.29, 0.717) is 0 Å². The Balaban J connectivity index is 1.66. The fourth-order valence-corrected chi connectivity index (χ4v) is 3.42. The summed E-state index contributed by atoms with van der Waals surface area (Å²) in [4.78, 5) is 0. The fourth-order valence-electron chi connectivity index (χ4n) is 1.98. The van der Waals surface area contributed by atoms with Gasteiger partial charge in [-0.25, -0.2) is 0 Å². The molecule has 3 unspecified atom stereocenters. The molecule has 13 heavy (non-hydrogen) atoms. The van der Waals surface area contributed by atoms with Crippen LogP contribution in [0.4, 0.5) is 0 Å².